The molecule has 0 unspecified atom stereocenters. The molecule has 3 aromatic carbocycles. The molecule has 0 heterocycles. The lowest BCUT2D eigenvalue weighted by Crippen LogP contribution is -2.13. The number of hydrogen-bond acceptors (Lipinski definition) is 4. The van der Waals surface area contributed by atoms with Gasteiger partial charge in [-0.05, 0) is 71.0 Å². The number of unbranched alkanes of at least 4 members (excludes halogenated alkanes) is 8. The Morgan fingerprint density at radius 2 is 1.31 bits per heavy atom. The van der Waals surface area contributed by atoms with Crippen molar-refractivity contribution in [2.45, 2.75) is 83.0 Å². The van der Waals surface area contributed by atoms with Gasteiger partial charge in [-0.15, -0.1) is 0 Å². The second-order valence-corrected chi connectivity index (χ2v) is 12.6. The number of hydrogen-bond donors (Lipinski definition) is 0. The summed E-state index contributed by atoms with van der Waals surface area (Å²) in [6.07, 6.45) is 13.5. The molecule has 5 heteroatoms. The van der Waals surface area contributed by atoms with Crippen LogP contribution in [0.4, 0.5) is 0 Å². The van der Waals surface area contributed by atoms with Gasteiger partial charge >= 0.3 is 0 Å². The molecule has 0 aliphatic heterocycles. The Morgan fingerprint density at radius 1 is 0.744 bits per heavy atom. The lowest BCUT2D eigenvalue weighted by atomic mass is 10.0. The van der Waals surface area contributed by atoms with E-state index in [1.54, 1.807) is 12.1 Å². The van der Waals surface area contributed by atoms with Crippen LogP contribution in [0, 0.1) is 5.92 Å². The summed E-state index contributed by atoms with van der Waals surface area (Å²) in [6, 6.07) is 19.9. The van der Waals surface area contributed by atoms with Crippen LogP contribution in [0.25, 0.3) is 21.9 Å². The van der Waals surface area contributed by atoms with Crippen molar-refractivity contribution in [2.75, 3.05) is 19.0 Å². The van der Waals surface area contributed by atoms with E-state index in [2.05, 4.69) is 36.9 Å². The Bertz CT molecular complexity index is 1250. The third kappa shape index (κ3) is 10.4. The molecular weight excluding hydrogens is 504 g/mol. The minimum absolute atomic E-state index is 0.156. The van der Waals surface area contributed by atoms with Gasteiger partial charge in [-0.3, -0.25) is 0 Å². The second kappa shape index (κ2) is 16.3. The zero-order valence-electron chi connectivity index (χ0n) is 23.9. The fourth-order valence-electron chi connectivity index (χ4n) is 4.73. The van der Waals surface area contributed by atoms with Crippen LogP contribution in [-0.2, 0) is 14.6 Å². The first kappa shape index (κ1) is 30.7. The predicted molar refractivity (Wildman–Crippen MR) is 164 cm³/mol. The molecule has 3 aromatic rings. The van der Waals surface area contributed by atoms with E-state index in [1.807, 2.05) is 32.0 Å². The predicted octanol–water partition coefficient (Wildman–Crippen LogP) is 9.38. The Labute approximate surface area is 236 Å². The van der Waals surface area contributed by atoms with Gasteiger partial charge in [0, 0.05) is 0 Å². The molecule has 39 heavy (non-hydrogen) atoms. The summed E-state index contributed by atoms with van der Waals surface area (Å²) < 4.78 is 36.5. The number of rotatable bonds is 19. The van der Waals surface area contributed by atoms with Crippen LogP contribution in [0.3, 0.4) is 0 Å². The maximum atomic E-state index is 12.6. The van der Waals surface area contributed by atoms with Gasteiger partial charge in [-0.1, -0.05) is 102 Å². The van der Waals surface area contributed by atoms with Crippen LogP contribution < -0.4 is 4.74 Å². The number of sulfone groups is 1. The first-order valence-corrected chi connectivity index (χ1v) is 16.3. The molecule has 4 nitrogen and oxygen atoms in total. The smallest absolute Gasteiger partial charge is 0.178 e. The van der Waals surface area contributed by atoms with Crippen LogP contribution >= 0.6 is 0 Å². The van der Waals surface area contributed by atoms with Gasteiger partial charge in [-0.2, -0.15) is 0 Å². The summed E-state index contributed by atoms with van der Waals surface area (Å²) >= 11 is 0. The molecule has 0 saturated heterocycles. The molecule has 212 valence electrons. The highest BCUT2D eigenvalue weighted by atomic mass is 32.2. The third-order valence-corrected chi connectivity index (χ3v) is 9.35. The van der Waals surface area contributed by atoms with E-state index < -0.39 is 9.84 Å². The topological polar surface area (TPSA) is 52.6 Å². The van der Waals surface area contributed by atoms with E-state index in [4.69, 9.17) is 9.47 Å². The van der Waals surface area contributed by atoms with Crippen molar-refractivity contribution >= 4 is 20.6 Å². The van der Waals surface area contributed by atoms with Crippen molar-refractivity contribution in [3.63, 3.8) is 0 Å². The van der Waals surface area contributed by atoms with Crippen LogP contribution in [0.2, 0.25) is 0 Å². The van der Waals surface area contributed by atoms with Crippen LogP contribution in [0.1, 0.15) is 78.1 Å². The molecule has 3 rings (SSSR count). The molecule has 0 N–H and O–H groups in total. The SMILES string of the molecule is C=COCCCCCCCCCCCOc1ccc2cc(-c3ccc(S(=O)(=O)C[C@@H](C)CC)cc3)ccc2c1. The van der Waals surface area contributed by atoms with E-state index in [1.165, 1.54) is 51.2 Å². The van der Waals surface area contributed by atoms with Gasteiger partial charge in [0.25, 0.3) is 0 Å². The number of benzene rings is 3. The summed E-state index contributed by atoms with van der Waals surface area (Å²) in [4.78, 5) is 0.399. The Morgan fingerprint density at radius 3 is 1.95 bits per heavy atom. The molecule has 0 aromatic heterocycles. The monoisotopic (exact) mass is 550 g/mol. The van der Waals surface area contributed by atoms with Crippen molar-refractivity contribution in [2.24, 2.45) is 5.92 Å². The molecule has 0 amide bonds. The maximum absolute atomic E-state index is 12.6. The van der Waals surface area contributed by atoms with Crippen molar-refractivity contribution in [3.05, 3.63) is 73.5 Å². The molecule has 0 radical (unpaired) electrons. The summed E-state index contributed by atoms with van der Waals surface area (Å²) in [6.45, 7) is 9.11. The summed E-state index contributed by atoms with van der Waals surface area (Å²) in [5.41, 5.74) is 2.08. The molecule has 0 saturated carbocycles. The van der Waals surface area contributed by atoms with E-state index in [9.17, 15) is 8.42 Å². The lowest BCUT2D eigenvalue weighted by Gasteiger charge is -2.11. The average molecular weight is 551 g/mol. The highest BCUT2D eigenvalue weighted by Crippen LogP contribution is 2.28. The molecule has 0 spiro atoms. The van der Waals surface area contributed by atoms with Crippen molar-refractivity contribution in [1.29, 1.82) is 0 Å². The average Bonchev–Trinajstić information content (AvgIpc) is 2.95. The van der Waals surface area contributed by atoms with E-state index in [-0.39, 0.29) is 11.7 Å². The normalized spacial score (nSPS) is 12.4. The van der Waals surface area contributed by atoms with Gasteiger partial charge in [0.15, 0.2) is 9.84 Å². The van der Waals surface area contributed by atoms with Gasteiger partial charge in [0.2, 0.25) is 0 Å². The van der Waals surface area contributed by atoms with Gasteiger partial charge in [0.05, 0.1) is 30.1 Å². The van der Waals surface area contributed by atoms with Gasteiger partial charge in [0.1, 0.15) is 5.75 Å². The molecule has 0 aliphatic carbocycles. The zero-order chi connectivity index (χ0) is 27.9. The quantitative estimate of drug-likeness (QED) is 0.110. The lowest BCUT2D eigenvalue weighted by molar-refractivity contribution is 0.241. The van der Waals surface area contributed by atoms with Gasteiger partial charge < -0.3 is 9.47 Å². The van der Waals surface area contributed by atoms with Crippen molar-refractivity contribution in [3.8, 4) is 16.9 Å². The van der Waals surface area contributed by atoms with E-state index in [0.29, 0.717) is 4.90 Å². The molecule has 1 atom stereocenters. The highest BCUT2D eigenvalue weighted by molar-refractivity contribution is 7.91. The minimum atomic E-state index is -3.25. The van der Waals surface area contributed by atoms with E-state index in [0.717, 1.165) is 60.1 Å². The summed E-state index contributed by atoms with van der Waals surface area (Å²) in [5.74, 6) is 1.26. The van der Waals surface area contributed by atoms with Crippen molar-refractivity contribution < 1.29 is 17.9 Å². The Kier molecular flexibility index (Phi) is 12.9. The van der Waals surface area contributed by atoms with Gasteiger partial charge in [-0.25, -0.2) is 8.42 Å². The molecule has 0 fully saturated rings. The maximum Gasteiger partial charge on any atom is 0.178 e. The van der Waals surface area contributed by atoms with Crippen LogP contribution in [-0.4, -0.2) is 27.4 Å². The van der Waals surface area contributed by atoms with Crippen molar-refractivity contribution in [1.82, 2.24) is 0 Å². The summed E-state index contributed by atoms with van der Waals surface area (Å²) in [5, 5.41) is 2.28. The fraction of sp³-hybridized carbons (Fsp3) is 0.471. The summed E-state index contributed by atoms with van der Waals surface area (Å²) in [7, 11) is -3.25. The zero-order valence-corrected chi connectivity index (χ0v) is 24.7. The Hall–Kier alpha value is -2.79. The number of ether oxygens (including phenoxy) is 2. The minimum Gasteiger partial charge on any atom is -0.502 e. The highest BCUT2D eigenvalue weighted by Gasteiger charge is 2.17. The van der Waals surface area contributed by atoms with E-state index >= 15 is 0 Å². The first-order chi connectivity index (χ1) is 18.9. The largest absolute Gasteiger partial charge is 0.502 e. The second-order valence-electron chi connectivity index (χ2n) is 10.6. The molecular formula is C34H46O4S. The first-order valence-electron chi connectivity index (χ1n) is 14.6. The third-order valence-electron chi connectivity index (χ3n) is 7.35. The molecule has 0 aliphatic rings. The standard InChI is InChI=1S/C34H46O4S/c1-4-28(3)27-39(35,36)34-21-18-29(19-22-34)30-15-16-32-26-33(20-17-31(32)25-30)38-24-14-12-10-8-6-7-9-11-13-23-37-5-2/h5,15-22,25-26,28H,2,4,6-14,23-24,27H2,1,3H3/t28-/m0/s1. The fourth-order valence-corrected chi connectivity index (χ4v) is 6.46. The molecule has 0 bridgehead atoms. The van der Waals surface area contributed by atoms with Crippen LogP contribution in [0.5, 0.6) is 5.75 Å². The van der Waals surface area contributed by atoms with Crippen LogP contribution in [0.15, 0.2) is 78.4 Å². The Balaban J connectivity index is 1.41. The number of fused-ring (bicyclic) bond motifs is 1.